The van der Waals surface area contributed by atoms with Crippen LogP contribution in [0.2, 0.25) is 0 Å². The van der Waals surface area contributed by atoms with Crippen LogP contribution in [0.1, 0.15) is 49.0 Å². The first kappa shape index (κ1) is 20.4. The molecule has 0 unspecified atom stereocenters. The van der Waals surface area contributed by atoms with Crippen LogP contribution in [0.15, 0.2) is 18.3 Å². The molecule has 1 saturated heterocycles. The number of ether oxygens (including phenoxy) is 1. The fourth-order valence-corrected chi connectivity index (χ4v) is 4.08. The molecule has 2 N–H and O–H groups in total. The molecule has 2 aliphatic rings. The molecule has 9 heteroatoms. The molecule has 0 spiro atoms. The molecule has 2 heterocycles. The number of pyridine rings is 1. The van der Waals surface area contributed by atoms with Crippen LogP contribution in [-0.4, -0.2) is 47.1 Å². The van der Waals surface area contributed by atoms with Gasteiger partial charge < -0.3 is 15.4 Å². The number of nitrogens with zero attached hydrogens (tertiary/aromatic N) is 2. The minimum Gasteiger partial charge on any atom is -0.489 e. The third-order valence-corrected chi connectivity index (χ3v) is 5.63. The van der Waals surface area contributed by atoms with Crippen LogP contribution in [0.5, 0.6) is 5.75 Å². The van der Waals surface area contributed by atoms with Gasteiger partial charge in [-0.05, 0) is 50.7 Å². The maximum atomic E-state index is 12.9. The Balaban J connectivity index is 1.58. The number of nitrogens with two attached hydrogens (primary N) is 1. The van der Waals surface area contributed by atoms with Crippen molar-refractivity contribution < 1.29 is 27.5 Å². The van der Waals surface area contributed by atoms with Gasteiger partial charge in [-0.1, -0.05) is 0 Å². The maximum Gasteiger partial charge on any atom is 0.391 e. The predicted octanol–water partition coefficient (Wildman–Crippen LogP) is 2.92. The fourth-order valence-electron chi connectivity index (χ4n) is 4.08. The Morgan fingerprint density at radius 3 is 2.57 bits per heavy atom. The SMILES string of the molecule is NC(=O)c1ncccc1OC[C@H]1CCCN1C(=O)C1CCC(C(F)(F)F)CC1. The van der Waals surface area contributed by atoms with Crippen LogP contribution in [-0.2, 0) is 4.79 Å². The predicted molar refractivity (Wildman–Crippen MR) is 94.5 cm³/mol. The van der Waals surface area contributed by atoms with Gasteiger partial charge in [0.1, 0.15) is 6.61 Å². The van der Waals surface area contributed by atoms with Crippen molar-refractivity contribution in [2.75, 3.05) is 13.2 Å². The van der Waals surface area contributed by atoms with E-state index in [0.717, 1.165) is 12.8 Å². The van der Waals surface area contributed by atoms with Crippen molar-refractivity contribution in [3.05, 3.63) is 24.0 Å². The summed E-state index contributed by atoms with van der Waals surface area (Å²) in [5, 5.41) is 0. The number of primary amides is 1. The number of carbonyl (C=O) groups excluding carboxylic acids is 2. The van der Waals surface area contributed by atoms with Gasteiger partial charge in [0.05, 0.1) is 12.0 Å². The lowest BCUT2D eigenvalue weighted by molar-refractivity contribution is -0.185. The summed E-state index contributed by atoms with van der Waals surface area (Å²) in [6.07, 6.45) is -0.638. The normalized spacial score (nSPS) is 25.5. The van der Waals surface area contributed by atoms with Crippen LogP contribution in [0.25, 0.3) is 0 Å². The summed E-state index contributed by atoms with van der Waals surface area (Å²) < 4.78 is 44.2. The van der Waals surface area contributed by atoms with Crippen molar-refractivity contribution in [2.45, 2.75) is 50.7 Å². The first-order valence-electron chi connectivity index (χ1n) is 9.52. The monoisotopic (exact) mass is 399 g/mol. The summed E-state index contributed by atoms with van der Waals surface area (Å²) in [4.78, 5) is 29.9. The van der Waals surface area contributed by atoms with Crippen molar-refractivity contribution in [2.24, 2.45) is 17.6 Å². The Morgan fingerprint density at radius 2 is 1.93 bits per heavy atom. The molecule has 0 bridgehead atoms. The van der Waals surface area contributed by atoms with Gasteiger partial charge in [-0.3, -0.25) is 9.59 Å². The number of amides is 2. The van der Waals surface area contributed by atoms with Gasteiger partial charge in [0.2, 0.25) is 5.91 Å². The Kier molecular flexibility index (Phi) is 6.10. The third kappa shape index (κ3) is 4.56. The minimum atomic E-state index is -4.18. The van der Waals surface area contributed by atoms with E-state index in [1.165, 1.54) is 6.20 Å². The lowest BCUT2D eigenvalue weighted by Gasteiger charge is -2.33. The van der Waals surface area contributed by atoms with E-state index in [4.69, 9.17) is 10.5 Å². The Hall–Kier alpha value is -2.32. The molecule has 1 atom stereocenters. The molecule has 28 heavy (non-hydrogen) atoms. The number of alkyl halides is 3. The quantitative estimate of drug-likeness (QED) is 0.825. The van der Waals surface area contributed by atoms with Crippen molar-refractivity contribution in [1.82, 2.24) is 9.88 Å². The van der Waals surface area contributed by atoms with Crippen molar-refractivity contribution in [1.29, 1.82) is 0 Å². The molecule has 2 amide bonds. The van der Waals surface area contributed by atoms with E-state index in [9.17, 15) is 22.8 Å². The maximum absolute atomic E-state index is 12.9. The first-order valence-corrected chi connectivity index (χ1v) is 9.52. The zero-order valence-electron chi connectivity index (χ0n) is 15.5. The van der Waals surface area contributed by atoms with E-state index in [0.29, 0.717) is 6.54 Å². The first-order chi connectivity index (χ1) is 13.3. The van der Waals surface area contributed by atoms with Crippen LogP contribution in [0.4, 0.5) is 13.2 Å². The van der Waals surface area contributed by atoms with Crippen LogP contribution in [0, 0.1) is 11.8 Å². The number of carbonyl (C=O) groups is 2. The van der Waals surface area contributed by atoms with Crippen LogP contribution in [0.3, 0.4) is 0 Å². The molecule has 1 aliphatic heterocycles. The number of halogens is 3. The Bertz CT molecular complexity index is 718. The summed E-state index contributed by atoms with van der Waals surface area (Å²) in [7, 11) is 0. The largest absolute Gasteiger partial charge is 0.489 e. The molecule has 3 rings (SSSR count). The molecule has 1 aromatic rings. The summed E-state index contributed by atoms with van der Waals surface area (Å²) in [6.45, 7) is 0.761. The molecule has 154 valence electrons. The zero-order chi connectivity index (χ0) is 20.3. The average molecular weight is 399 g/mol. The smallest absolute Gasteiger partial charge is 0.391 e. The van der Waals surface area contributed by atoms with Crippen LogP contribution < -0.4 is 10.5 Å². The van der Waals surface area contributed by atoms with Gasteiger partial charge in [-0.15, -0.1) is 0 Å². The molecule has 0 aromatic carbocycles. The van der Waals surface area contributed by atoms with Gasteiger partial charge >= 0.3 is 6.18 Å². The highest BCUT2D eigenvalue weighted by molar-refractivity contribution is 5.93. The second kappa shape index (κ2) is 8.36. The molecule has 1 saturated carbocycles. The Labute approximate surface area is 161 Å². The highest BCUT2D eigenvalue weighted by atomic mass is 19.4. The van der Waals surface area contributed by atoms with E-state index in [1.807, 2.05) is 0 Å². The number of hydrogen-bond acceptors (Lipinski definition) is 4. The number of hydrogen-bond donors (Lipinski definition) is 1. The summed E-state index contributed by atoms with van der Waals surface area (Å²) in [5.74, 6) is -2.18. The minimum absolute atomic E-state index is 0.00652. The van der Waals surface area contributed by atoms with Gasteiger partial charge in [0.25, 0.3) is 5.91 Å². The standard InChI is InChI=1S/C19H24F3N3O3/c20-19(21,22)13-7-5-12(6-8-13)18(27)25-10-2-3-14(25)11-28-15-4-1-9-24-16(15)17(23)26/h1,4,9,12-14H,2-3,5-8,10-11H2,(H2,23,26)/t12?,13?,14-/m1/s1. The van der Waals surface area contributed by atoms with E-state index in [2.05, 4.69) is 4.98 Å². The van der Waals surface area contributed by atoms with Crippen LogP contribution >= 0.6 is 0 Å². The number of aromatic nitrogens is 1. The van der Waals surface area contributed by atoms with E-state index in [-0.39, 0.29) is 61.6 Å². The highest BCUT2D eigenvalue weighted by Gasteiger charge is 2.44. The number of likely N-dealkylation sites (tertiary alicyclic amines) is 1. The lowest BCUT2D eigenvalue weighted by Crippen LogP contribution is -2.44. The van der Waals surface area contributed by atoms with Gasteiger partial charge in [0.15, 0.2) is 11.4 Å². The third-order valence-electron chi connectivity index (χ3n) is 5.63. The molecule has 1 aliphatic carbocycles. The topological polar surface area (TPSA) is 85.5 Å². The number of rotatable bonds is 5. The second-order valence-electron chi connectivity index (χ2n) is 7.44. The molecule has 6 nitrogen and oxygen atoms in total. The van der Waals surface area contributed by atoms with E-state index in [1.54, 1.807) is 17.0 Å². The molecule has 2 fully saturated rings. The molecule has 0 radical (unpaired) electrons. The van der Waals surface area contributed by atoms with Gasteiger partial charge in [-0.25, -0.2) is 4.98 Å². The molecule has 1 aromatic heterocycles. The summed E-state index contributed by atoms with van der Waals surface area (Å²) in [6, 6.07) is 3.04. The van der Waals surface area contributed by atoms with Gasteiger partial charge in [0, 0.05) is 18.7 Å². The summed E-state index contributed by atoms with van der Waals surface area (Å²) in [5.41, 5.74) is 5.32. The highest BCUT2D eigenvalue weighted by Crippen LogP contribution is 2.40. The van der Waals surface area contributed by atoms with Crippen molar-refractivity contribution in [3.63, 3.8) is 0 Å². The fraction of sp³-hybridized carbons (Fsp3) is 0.632. The van der Waals surface area contributed by atoms with Crippen molar-refractivity contribution in [3.8, 4) is 5.75 Å². The second-order valence-corrected chi connectivity index (χ2v) is 7.44. The Morgan fingerprint density at radius 1 is 1.21 bits per heavy atom. The molecular formula is C19H24F3N3O3. The zero-order valence-corrected chi connectivity index (χ0v) is 15.5. The lowest BCUT2D eigenvalue weighted by atomic mass is 9.81. The average Bonchev–Trinajstić information content (AvgIpc) is 3.14. The van der Waals surface area contributed by atoms with Gasteiger partial charge in [-0.2, -0.15) is 13.2 Å². The molecular weight excluding hydrogens is 375 g/mol. The summed E-state index contributed by atoms with van der Waals surface area (Å²) >= 11 is 0. The van der Waals surface area contributed by atoms with E-state index < -0.39 is 18.0 Å². The van der Waals surface area contributed by atoms with E-state index >= 15 is 0 Å². The van der Waals surface area contributed by atoms with Crippen molar-refractivity contribution >= 4 is 11.8 Å².